The summed E-state index contributed by atoms with van der Waals surface area (Å²) >= 11 is 12.3. The van der Waals surface area contributed by atoms with E-state index in [9.17, 15) is 0 Å². The van der Waals surface area contributed by atoms with Crippen molar-refractivity contribution in [1.29, 1.82) is 0 Å². The summed E-state index contributed by atoms with van der Waals surface area (Å²) in [5.41, 5.74) is 2.06. The van der Waals surface area contributed by atoms with Gasteiger partial charge in [-0.3, -0.25) is 0 Å². The van der Waals surface area contributed by atoms with Crippen LogP contribution in [0.2, 0.25) is 10.0 Å². The average molecular weight is 417 g/mol. The Hall–Kier alpha value is -0.930. The van der Waals surface area contributed by atoms with E-state index in [1.54, 1.807) is 0 Å². The Morgan fingerprint density at radius 3 is 2.46 bits per heavy atom. The van der Waals surface area contributed by atoms with E-state index in [1.807, 2.05) is 42.5 Å². The zero-order valence-electron chi connectivity index (χ0n) is 15.3. The molecular weight excluding hydrogens is 389 g/mol. The fourth-order valence-electron chi connectivity index (χ4n) is 2.67. The fourth-order valence-corrected chi connectivity index (χ4v) is 3.06. The van der Waals surface area contributed by atoms with Gasteiger partial charge in [-0.25, -0.2) is 0 Å². The highest BCUT2D eigenvalue weighted by atomic mass is 35.5. The molecule has 0 saturated carbocycles. The highest BCUT2D eigenvalue weighted by Gasteiger charge is 2.07. The zero-order valence-corrected chi connectivity index (χ0v) is 17.6. The standard InChI is InChI=1S/C21H27Cl2NO.ClH/c1-2-3-4-5-8-13-24-15-18-14-19(22)11-12-21(18)25-16-17-9-6-7-10-20(17)23;/h6-7,9-12,14,24H,2-5,8,13,15-16H2,1H3;1H. The van der Waals surface area contributed by atoms with Crippen LogP contribution in [0.1, 0.15) is 50.2 Å². The second-order valence-electron chi connectivity index (χ2n) is 6.22. The van der Waals surface area contributed by atoms with Gasteiger partial charge in [-0.05, 0) is 37.2 Å². The lowest BCUT2D eigenvalue weighted by atomic mass is 10.1. The van der Waals surface area contributed by atoms with Crippen LogP contribution in [-0.4, -0.2) is 6.54 Å². The van der Waals surface area contributed by atoms with Crippen molar-refractivity contribution in [2.75, 3.05) is 6.54 Å². The first kappa shape index (κ1) is 23.1. The summed E-state index contributed by atoms with van der Waals surface area (Å²) in [6.07, 6.45) is 6.42. The van der Waals surface area contributed by atoms with Crippen LogP contribution in [-0.2, 0) is 13.2 Å². The molecule has 2 rings (SSSR count). The Labute approximate surface area is 173 Å². The molecule has 144 valence electrons. The summed E-state index contributed by atoms with van der Waals surface area (Å²) in [6, 6.07) is 13.5. The van der Waals surface area contributed by atoms with Crippen LogP contribution in [0, 0.1) is 0 Å². The normalized spacial score (nSPS) is 10.4. The minimum Gasteiger partial charge on any atom is -0.489 e. The van der Waals surface area contributed by atoms with Crippen molar-refractivity contribution >= 4 is 35.6 Å². The number of ether oxygens (including phenoxy) is 1. The number of halogens is 3. The molecule has 0 aliphatic rings. The Kier molecular flexibility index (Phi) is 11.8. The Morgan fingerprint density at radius 1 is 0.923 bits per heavy atom. The summed E-state index contributed by atoms with van der Waals surface area (Å²) in [5, 5.41) is 4.94. The number of benzene rings is 2. The van der Waals surface area contributed by atoms with E-state index in [4.69, 9.17) is 27.9 Å². The second-order valence-corrected chi connectivity index (χ2v) is 7.07. The lowest BCUT2D eigenvalue weighted by Gasteiger charge is -2.13. The molecule has 2 aromatic carbocycles. The second kappa shape index (κ2) is 13.3. The van der Waals surface area contributed by atoms with Gasteiger partial charge in [-0.2, -0.15) is 0 Å². The van der Waals surface area contributed by atoms with Crippen LogP contribution in [0.3, 0.4) is 0 Å². The van der Waals surface area contributed by atoms with E-state index in [1.165, 1.54) is 32.1 Å². The molecule has 0 aliphatic heterocycles. The number of hydrogen-bond acceptors (Lipinski definition) is 2. The lowest BCUT2D eigenvalue weighted by Crippen LogP contribution is -2.15. The number of hydrogen-bond donors (Lipinski definition) is 1. The van der Waals surface area contributed by atoms with Crippen molar-refractivity contribution in [3.63, 3.8) is 0 Å². The number of nitrogens with one attached hydrogen (secondary N) is 1. The predicted molar refractivity (Wildman–Crippen MR) is 115 cm³/mol. The third kappa shape index (κ3) is 8.18. The molecule has 0 amide bonds. The Morgan fingerprint density at radius 2 is 1.69 bits per heavy atom. The van der Waals surface area contributed by atoms with Gasteiger partial charge in [0.15, 0.2) is 0 Å². The van der Waals surface area contributed by atoms with E-state index in [0.29, 0.717) is 6.61 Å². The number of rotatable bonds is 11. The molecule has 0 saturated heterocycles. The van der Waals surface area contributed by atoms with Crippen LogP contribution in [0.4, 0.5) is 0 Å². The van der Waals surface area contributed by atoms with Crippen LogP contribution in [0.5, 0.6) is 5.75 Å². The summed E-state index contributed by atoms with van der Waals surface area (Å²) < 4.78 is 5.99. The molecule has 0 fully saturated rings. The van der Waals surface area contributed by atoms with Gasteiger partial charge in [0.2, 0.25) is 0 Å². The van der Waals surface area contributed by atoms with E-state index < -0.39 is 0 Å². The third-order valence-corrected chi connectivity index (χ3v) is 4.74. The van der Waals surface area contributed by atoms with Gasteiger partial charge >= 0.3 is 0 Å². The van der Waals surface area contributed by atoms with Crippen LogP contribution >= 0.6 is 35.6 Å². The molecule has 2 aromatic rings. The van der Waals surface area contributed by atoms with E-state index in [-0.39, 0.29) is 12.4 Å². The van der Waals surface area contributed by atoms with Crippen molar-refractivity contribution in [2.45, 2.75) is 52.2 Å². The summed E-state index contributed by atoms with van der Waals surface area (Å²) in [4.78, 5) is 0. The number of unbranched alkanes of at least 4 members (excludes halogenated alkanes) is 4. The molecule has 2 nitrogen and oxygen atoms in total. The van der Waals surface area contributed by atoms with Gasteiger partial charge in [0.05, 0.1) is 0 Å². The molecule has 0 spiro atoms. The molecule has 1 N–H and O–H groups in total. The van der Waals surface area contributed by atoms with Gasteiger partial charge in [-0.15, -0.1) is 12.4 Å². The van der Waals surface area contributed by atoms with Crippen LogP contribution < -0.4 is 10.1 Å². The first-order valence-electron chi connectivity index (χ1n) is 9.06. The molecule has 0 aromatic heterocycles. The molecule has 0 aliphatic carbocycles. The van der Waals surface area contributed by atoms with Gasteiger partial charge in [0, 0.05) is 27.7 Å². The van der Waals surface area contributed by atoms with Crippen molar-refractivity contribution in [1.82, 2.24) is 5.32 Å². The maximum Gasteiger partial charge on any atom is 0.124 e. The first-order chi connectivity index (χ1) is 12.2. The third-order valence-electron chi connectivity index (χ3n) is 4.14. The minimum absolute atomic E-state index is 0. The summed E-state index contributed by atoms with van der Waals surface area (Å²) in [6.45, 7) is 4.46. The molecule has 0 bridgehead atoms. The van der Waals surface area contributed by atoms with Gasteiger partial charge < -0.3 is 10.1 Å². The molecule has 0 unspecified atom stereocenters. The van der Waals surface area contributed by atoms with Gasteiger partial charge in [-0.1, -0.05) is 74.0 Å². The summed E-state index contributed by atoms with van der Waals surface area (Å²) in [5.74, 6) is 0.850. The zero-order chi connectivity index (χ0) is 17.9. The molecule has 0 radical (unpaired) electrons. The predicted octanol–water partition coefficient (Wildman–Crippen LogP) is 7.05. The van der Waals surface area contributed by atoms with Crippen LogP contribution in [0.15, 0.2) is 42.5 Å². The maximum atomic E-state index is 6.20. The lowest BCUT2D eigenvalue weighted by molar-refractivity contribution is 0.302. The first-order valence-corrected chi connectivity index (χ1v) is 9.81. The highest BCUT2D eigenvalue weighted by molar-refractivity contribution is 6.31. The van der Waals surface area contributed by atoms with Gasteiger partial charge in [0.25, 0.3) is 0 Å². The fraction of sp³-hybridized carbons (Fsp3) is 0.429. The smallest absolute Gasteiger partial charge is 0.124 e. The molecule has 26 heavy (non-hydrogen) atoms. The molecular formula is C21H28Cl3NO. The minimum atomic E-state index is 0. The van der Waals surface area contributed by atoms with Crippen molar-refractivity contribution in [3.05, 3.63) is 63.6 Å². The van der Waals surface area contributed by atoms with Gasteiger partial charge in [0.1, 0.15) is 12.4 Å². The molecule has 5 heteroatoms. The highest BCUT2D eigenvalue weighted by Crippen LogP contribution is 2.25. The van der Waals surface area contributed by atoms with E-state index in [2.05, 4.69) is 12.2 Å². The topological polar surface area (TPSA) is 21.3 Å². The summed E-state index contributed by atoms with van der Waals surface area (Å²) in [7, 11) is 0. The monoisotopic (exact) mass is 415 g/mol. The van der Waals surface area contributed by atoms with Crippen molar-refractivity contribution in [3.8, 4) is 5.75 Å². The Bertz CT molecular complexity index is 649. The van der Waals surface area contributed by atoms with Crippen molar-refractivity contribution in [2.24, 2.45) is 0 Å². The average Bonchev–Trinajstić information content (AvgIpc) is 2.61. The van der Waals surface area contributed by atoms with E-state index in [0.717, 1.165) is 40.0 Å². The largest absolute Gasteiger partial charge is 0.489 e. The SMILES string of the molecule is CCCCCCCNCc1cc(Cl)ccc1OCc1ccccc1Cl.Cl. The molecule has 0 heterocycles. The quantitative estimate of drug-likeness (QED) is 0.396. The maximum absolute atomic E-state index is 6.20. The molecule has 0 atom stereocenters. The van der Waals surface area contributed by atoms with Crippen LogP contribution in [0.25, 0.3) is 0 Å². The Balaban J connectivity index is 0.00000338. The van der Waals surface area contributed by atoms with Crippen molar-refractivity contribution < 1.29 is 4.74 Å². The van der Waals surface area contributed by atoms with E-state index >= 15 is 0 Å².